The Bertz CT molecular complexity index is 774. The first kappa shape index (κ1) is 18.7. The van der Waals surface area contributed by atoms with Gasteiger partial charge in [-0.05, 0) is 31.7 Å². The van der Waals surface area contributed by atoms with E-state index < -0.39 is 0 Å². The third-order valence-corrected chi connectivity index (χ3v) is 5.69. The van der Waals surface area contributed by atoms with Gasteiger partial charge in [-0.2, -0.15) is 0 Å². The first-order chi connectivity index (χ1) is 13.1. The molecule has 0 amide bonds. The zero-order valence-corrected chi connectivity index (χ0v) is 17.1. The number of ether oxygens (including phenoxy) is 1. The van der Waals surface area contributed by atoms with Crippen LogP contribution in [0.2, 0.25) is 0 Å². The van der Waals surface area contributed by atoms with E-state index in [2.05, 4.69) is 45.7 Å². The van der Waals surface area contributed by atoms with Crippen LogP contribution in [0.1, 0.15) is 30.7 Å². The lowest BCUT2D eigenvalue weighted by molar-refractivity contribution is -0.00546. The largest absolute Gasteiger partial charge is 0.372 e. The van der Waals surface area contributed by atoms with Crippen LogP contribution < -0.4 is 4.90 Å². The lowest BCUT2D eigenvalue weighted by Crippen LogP contribution is -2.45. The highest BCUT2D eigenvalue weighted by atomic mass is 32.2. The molecule has 27 heavy (non-hydrogen) atoms. The minimum absolute atomic E-state index is 0.248. The average Bonchev–Trinajstić information content (AvgIpc) is 2.67. The Morgan fingerprint density at radius 1 is 1.15 bits per heavy atom. The summed E-state index contributed by atoms with van der Waals surface area (Å²) in [6, 6.07) is 4.35. The van der Waals surface area contributed by atoms with Gasteiger partial charge in [0.2, 0.25) is 0 Å². The topological polar surface area (TPSA) is 54.4 Å². The van der Waals surface area contributed by atoms with Crippen molar-refractivity contribution in [2.75, 3.05) is 30.8 Å². The SMILES string of the molecule is CSc1ncc2c(n1)CCN(Cc1ccc(N3CC(C)OC(C)C3)nc1)C2. The van der Waals surface area contributed by atoms with Crippen LogP contribution >= 0.6 is 11.8 Å². The van der Waals surface area contributed by atoms with Crippen molar-refractivity contribution in [2.45, 2.75) is 50.7 Å². The van der Waals surface area contributed by atoms with Crippen molar-refractivity contribution >= 4 is 17.6 Å². The summed E-state index contributed by atoms with van der Waals surface area (Å²) in [6.07, 6.45) is 7.51. The van der Waals surface area contributed by atoms with Crippen LogP contribution in [0.4, 0.5) is 5.82 Å². The smallest absolute Gasteiger partial charge is 0.187 e. The molecular formula is C20H27N5OS. The second kappa shape index (κ2) is 8.12. The number of rotatable bonds is 4. The third-order valence-electron chi connectivity index (χ3n) is 5.13. The molecular weight excluding hydrogens is 358 g/mol. The molecule has 2 aliphatic heterocycles. The Morgan fingerprint density at radius 3 is 2.67 bits per heavy atom. The second-order valence-corrected chi connectivity index (χ2v) is 8.25. The van der Waals surface area contributed by atoms with E-state index >= 15 is 0 Å². The minimum atomic E-state index is 0.248. The maximum Gasteiger partial charge on any atom is 0.187 e. The van der Waals surface area contributed by atoms with Crippen LogP contribution in [0.3, 0.4) is 0 Å². The Balaban J connectivity index is 1.39. The molecule has 0 spiro atoms. The number of hydrogen-bond acceptors (Lipinski definition) is 7. The second-order valence-electron chi connectivity index (χ2n) is 7.48. The summed E-state index contributed by atoms with van der Waals surface area (Å²) in [6.45, 7) is 8.89. The van der Waals surface area contributed by atoms with Crippen LogP contribution in [-0.2, 0) is 24.2 Å². The summed E-state index contributed by atoms with van der Waals surface area (Å²) in [5.41, 5.74) is 3.70. The first-order valence-electron chi connectivity index (χ1n) is 9.57. The highest BCUT2D eigenvalue weighted by Gasteiger charge is 2.23. The normalized spacial score (nSPS) is 23.3. The van der Waals surface area contributed by atoms with E-state index in [1.807, 2.05) is 18.6 Å². The molecule has 2 atom stereocenters. The Kier molecular flexibility index (Phi) is 5.61. The Labute approximate surface area is 165 Å². The average molecular weight is 386 g/mol. The third kappa shape index (κ3) is 4.42. The van der Waals surface area contributed by atoms with Crippen molar-refractivity contribution in [2.24, 2.45) is 0 Å². The molecule has 2 aromatic heterocycles. The molecule has 2 aliphatic rings. The predicted molar refractivity (Wildman–Crippen MR) is 108 cm³/mol. The van der Waals surface area contributed by atoms with Gasteiger partial charge in [-0.3, -0.25) is 4.90 Å². The molecule has 6 nitrogen and oxygen atoms in total. The monoisotopic (exact) mass is 385 g/mol. The summed E-state index contributed by atoms with van der Waals surface area (Å²) >= 11 is 1.60. The van der Waals surface area contributed by atoms with E-state index in [1.54, 1.807) is 11.8 Å². The van der Waals surface area contributed by atoms with Crippen molar-refractivity contribution in [3.63, 3.8) is 0 Å². The lowest BCUT2D eigenvalue weighted by Gasteiger charge is -2.36. The first-order valence-corrected chi connectivity index (χ1v) is 10.8. The molecule has 4 rings (SSSR count). The molecule has 4 heterocycles. The number of fused-ring (bicyclic) bond motifs is 1. The fourth-order valence-electron chi connectivity index (χ4n) is 3.91. The van der Waals surface area contributed by atoms with E-state index in [1.165, 1.54) is 16.8 Å². The summed E-state index contributed by atoms with van der Waals surface area (Å²) < 4.78 is 5.82. The van der Waals surface area contributed by atoms with Crippen molar-refractivity contribution in [1.29, 1.82) is 0 Å². The zero-order valence-electron chi connectivity index (χ0n) is 16.3. The van der Waals surface area contributed by atoms with Gasteiger partial charge >= 0.3 is 0 Å². The fourth-order valence-corrected chi connectivity index (χ4v) is 4.27. The summed E-state index contributed by atoms with van der Waals surface area (Å²) in [7, 11) is 0. The van der Waals surface area contributed by atoms with Crippen molar-refractivity contribution in [3.05, 3.63) is 41.3 Å². The van der Waals surface area contributed by atoms with Gasteiger partial charge in [0.15, 0.2) is 5.16 Å². The summed E-state index contributed by atoms with van der Waals surface area (Å²) in [4.78, 5) is 18.6. The molecule has 0 saturated carbocycles. The minimum Gasteiger partial charge on any atom is -0.372 e. The number of anilines is 1. The van der Waals surface area contributed by atoms with Crippen LogP contribution in [0.25, 0.3) is 0 Å². The molecule has 1 fully saturated rings. The van der Waals surface area contributed by atoms with Gasteiger partial charge in [-0.1, -0.05) is 17.8 Å². The van der Waals surface area contributed by atoms with Gasteiger partial charge in [0.1, 0.15) is 5.82 Å². The lowest BCUT2D eigenvalue weighted by atomic mass is 10.1. The van der Waals surface area contributed by atoms with Gasteiger partial charge in [-0.15, -0.1) is 0 Å². The van der Waals surface area contributed by atoms with Crippen LogP contribution in [0.15, 0.2) is 29.7 Å². The van der Waals surface area contributed by atoms with Crippen LogP contribution in [-0.4, -0.2) is 57.9 Å². The molecule has 0 aliphatic carbocycles. The Hall–Kier alpha value is -1.70. The molecule has 1 saturated heterocycles. The van der Waals surface area contributed by atoms with Gasteiger partial charge in [0.25, 0.3) is 0 Å². The van der Waals surface area contributed by atoms with E-state index in [4.69, 9.17) is 9.72 Å². The molecule has 144 valence electrons. The molecule has 0 aromatic carbocycles. The number of thioether (sulfide) groups is 1. The molecule has 2 unspecified atom stereocenters. The van der Waals surface area contributed by atoms with Crippen molar-refractivity contribution < 1.29 is 4.74 Å². The predicted octanol–water partition coefficient (Wildman–Crippen LogP) is 2.77. The van der Waals surface area contributed by atoms with Gasteiger partial charge < -0.3 is 9.64 Å². The van der Waals surface area contributed by atoms with E-state index in [9.17, 15) is 0 Å². The van der Waals surface area contributed by atoms with E-state index in [0.717, 1.165) is 50.1 Å². The zero-order chi connectivity index (χ0) is 18.8. The standard InChI is InChI=1S/C20H27N5OS/c1-14-10-25(11-15(2)26-14)19-5-4-16(8-21-19)12-24-7-6-18-17(13-24)9-22-20(23-18)27-3/h4-5,8-9,14-15H,6-7,10-13H2,1-3H3. The highest BCUT2D eigenvalue weighted by molar-refractivity contribution is 7.98. The van der Waals surface area contributed by atoms with Crippen LogP contribution in [0, 0.1) is 0 Å². The highest BCUT2D eigenvalue weighted by Crippen LogP contribution is 2.22. The van der Waals surface area contributed by atoms with Gasteiger partial charge in [-0.25, -0.2) is 15.0 Å². The maximum atomic E-state index is 5.82. The molecule has 2 aromatic rings. The van der Waals surface area contributed by atoms with E-state index in [-0.39, 0.29) is 12.2 Å². The maximum absolute atomic E-state index is 5.82. The summed E-state index contributed by atoms with van der Waals surface area (Å²) in [5, 5.41) is 0.869. The number of nitrogens with zero attached hydrogens (tertiary/aromatic N) is 5. The molecule has 7 heteroatoms. The number of hydrogen-bond donors (Lipinski definition) is 0. The Morgan fingerprint density at radius 2 is 1.96 bits per heavy atom. The summed E-state index contributed by atoms with van der Waals surface area (Å²) in [5.74, 6) is 1.04. The number of pyridine rings is 1. The molecule has 0 bridgehead atoms. The van der Waals surface area contributed by atoms with Gasteiger partial charge in [0.05, 0.1) is 17.9 Å². The van der Waals surface area contributed by atoms with E-state index in [0.29, 0.717) is 0 Å². The number of aromatic nitrogens is 3. The molecule has 0 radical (unpaired) electrons. The molecule has 0 N–H and O–H groups in total. The van der Waals surface area contributed by atoms with Crippen LogP contribution in [0.5, 0.6) is 0 Å². The quantitative estimate of drug-likeness (QED) is 0.592. The van der Waals surface area contributed by atoms with Crippen molar-refractivity contribution in [3.8, 4) is 0 Å². The van der Waals surface area contributed by atoms with Gasteiger partial charge in [0, 0.05) is 57.1 Å². The fraction of sp³-hybridized carbons (Fsp3) is 0.550. The number of morpholine rings is 1. The van der Waals surface area contributed by atoms with Crippen molar-refractivity contribution in [1.82, 2.24) is 19.9 Å².